The van der Waals surface area contributed by atoms with Crippen LogP contribution >= 0.6 is 0 Å². The van der Waals surface area contributed by atoms with Crippen molar-refractivity contribution < 1.29 is 9.59 Å². The van der Waals surface area contributed by atoms with Gasteiger partial charge in [0.2, 0.25) is 5.91 Å². The second kappa shape index (κ2) is 11.7. The van der Waals surface area contributed by atoms with Crippen LogP contribution in [0.5, 0.6) is 0 Å². The van der Waals surface area contributed by atoms with Gasteiger partial charge in [-0.25, -0.2) is 4.79 Å². The van der Waals surface area contributed by atoms with E-state index in [1.807, 2.05) is 53.1 Å². The van der Waals surface area contributed by atoms with E-state index < -0.39 is 5.41 Å². The number of nitrogens with one attached hydrogen (secondary N) is 1. The van der Waals surface area contributed by atoms with Gasteiger partial charge in [0.05, 0.1) is 11.5 Å². The molecule has 2 saturated heterocycles. The largest absolute Gasteiger partial charge is 0.349 e. The Morgan fingerprint density at radius 1 is 0.784 bits per heavy atom. The Bertz CT molecular complexity index is 1020. The van der Waals surface area contributed by atoms with Crippen LogP contribution in [0.4, 0.5) is 4.79 Å². The van der Waals surface area contributed by atoms with Gasteiger partial charge in [-0.05, 0) is 43.7 Å². The van der Waals surface area contributed by atoms with Crippen molar-refractivity contribution in [1.29, 1.82) is 0 Å². The minimum absolute atomic E-state index is 0.0586. The zero-order chi connectivity index (χ0) is 25.7. The molecule has 2 heterocycles. The van der Waals surface area contributed by atoms with Gasteiger partial charge in [0.1, 0.15) is 0 Å². The third kappa shape index (κ3) is 5.69. The SMILES string of the molecule is CC(NC(=O)C1(c2ccccc2)CCN(C(=O)N2CCN(C3CCCCC3)CC2)CC1)c1ccccc1. The number of amides is 3. The number of benzene rings is 2. The molecule has 0 bridgehead atoms. The van der Waals surface area contributed by atoms with Gasteiger partial charge >= 0.3 is 6.03 Å². The predicted octanol–water partition coefficient (Wildman–Crippen LogP) is 4.97. The molecular formula is C31H42N4O2. The molecule has 3 amide bonds. The van der Waals surface area contributed by atoms with Gasteiger partial charge in [0, 0.05) is 45.3 Å². The summed E-state index contributed by atoms with van der Waals surface area (Å²) in [5.41, 5.74) is 1.51. The lowest BCUT2D eigenvalue weighted by atomic mass is 9.71. The lowest BCUT2D eigenvalue weighted by molar-refractivity contribution is -0.129. The Hall–Kier alpha value is -2.86. The second-order valence-electron chi connectivity index (χ2n) is 11.1. The summed E-state index contributed by atoms with van der Waals surface area (Å²) in [6, 6.07) is 21.0. The van der Waals surface area contributed by atoms with Gasteiger partial charge in [0.25, 0.3) is 0 Å². The number of piperazine rings is 1. The molecule has 37 heavy (non-hydrogen) atoms. The van der Waals surface area contributed by atoms with E-state index in [0.29, 0.717) is 32.0 Å². The van der Waals surface area contributed by atoms with Crippen LogP contribution in [0.25, 0.3) is 0 Å². The number of hydrogen-bond acceptors (Lipinski definition) is 3. The van der Waals surface area contributed by atoms with Crippen LogP contribution in [0.15, 0.2) is 60.7 Å². The number of urea groups is 1. The van der Waals surface area contributed by atoms with Crippen LogP contribution in [-0.4, -0.2) is 71.9 Å². The first kappa shape index (κ1) is 25.8. The summed E-state index contributed by atoms with van der Waals surface area (Å²) in [5.74, 6) is 0.0586. The summed E-state index contributed by atoms with van der Waals surface area (Å²) in [6.07, 6.45) is 7.96. The van der Waals surface area contributed by atoms with E-state index in [0.717, 1.165) is 37.3 Å². The van der Waals surface area contributed by atoms with Crippen LogP contribution in [0.3, 0.4) is 0 Å². The fourth-order valence-corrected chi connectivity index (χ4v) is 6.57. The van der Waals surface area contributed by atoms with E-state index in [-0.39, 0.29) is 18.0 Å². The van der Waals surface area contributed by atoms with E-state index in [2.05, 4.69) is 34.5 Å². The van der Waals surface area contributed by atoms with Crippen molar-refractivity contribution in [3.63, 3.8) is 0 Å². The minimum Gasteiger partial charge on any atom is -0.349 e. The van der Waals surface area contributed by atoms with Crippen LogP contribution < -0.4 is 5.32 Å². The molecule has 1 saturated carbocycles. The molecule has 6 heteroatoms. The van der Waals surface area contributed by atoms with Gasteiger partial charge < -0.3 is 15.1 Å². The zero-order valence-electron chi connectivity index (χ0n) is 22.3. The Morgan fingerprint density at radius 2 is 1.35 bits per heavy atom. The Kier molecular flexibility index (Phi) is 8.14. The molecule has 2 aliphatic heterocycles. The molecule has 3 aliphatic rings. The lowest BCUT2D eigenvalue weighted by Crippen LogP contribution is -2.58. The van der Waals surface area contributed by atoms with Crippen LogP contribution in [0.2, 0.25) is 0 Å². The molecule has 0 aromatic heterocycles. The fraction of sp³-hybridized carbons (Fsp3) is 0.548. The minimum atomic E-state index is -0.624. The van der Waals surface area contributed by atoms with Crippen molar-refractivity contribution in [2.24, 2.45) is 0 Å². The van der Waals surface area contributed by atoms with E-state index in [9.17, 15) is 9.59 Å². The Morgan fingerprint density at radius 3 is 1.97 bits per heavy atom. The molecule has 0 spiro atoms. The summed E-state index contributed by atoms with van der Waals surface area (Å²) in [7, 11) is 0. The monoisotopic (exact) mass is 502 g/mol. The third-order valence-corrected chi connectivity index (χ3v) is 8.97. The molecule has 6 nitrogen and oxygen atoms in total. The summed E-state index contributed by atoms with van der Waals surface area (Å²) >= 11 is 0. The standard InChI is InChI=1S/C31H42N4O2/c1-25(26-11-5-2-6-12-26)32-29(36)31(27-13-7-3-8-14-27)17-19-34(20-18-31)30(37)35-23-21-33(22-24-35)28-15-9-4-10-16-28/h2-3,5-8,11-14,25,28H,4,9-10,15-24H2,1H3,(H,32,36). The predicted molar refractivity (Wildman–Crippen MR) is 147 cm³/mol. The maximum Gasteiger partial charge on any atom is 0.320 e. The molecule has 198 valence electrons. The lowest BCUT2D eigenvalue weighted by Gasteiger charge is -2.45. The van der Waals surface area contributed by atoms with Gasteiger partial charge in [0.15, 0.2) is 0 Å². The highest BCUT2D eigenvalue weighted by atomic mass is 16.2. The third-order valence-electron chi connectivity index (χ3n) is 8.97. The molecule has 1 atom stereocenters. The van der Waals surface area contributed by atoms with Gasteiger partial charge in [-0.15, -0.1) is 0 Å². The fourth-order valence-electron chi connectivity index (χ4n) is 6.57. The Labute approximate surface area is 222 Å². The van der Waals surface area contributed by atoms with Crippen LogP contribution in [0.1, 0.15) is 69.0 Å². The molecule has 0 radical (unpaired) electrons. The first-order chi connectivity index (χ1) is 18.1. The average Bonchev–Trinajstić information content (AvgIpc) is 2.98. The topological polar surface area (TPSA) is 55.9 Å². The quantitative estimate of drug-likeness (QED) is 0.628. The van der Waals surface area contributed by atoms with Gasteiger partial charge in [-0.1, -0.05) is 79.9 Å². The number of likely N-dealkylation sites (tertiary alicyclic amines) is 1. The molecule has 2 aromatic carbocycles. The Balaban J connectivity index is 1.22. The maximum absolute atomic E-state index is 13.8. The van der Waals surface area contributed by atoms with Gasteiger partial charge in [-0.2, -0.15) is 0 Å². The molecule has 1 N–H and O–H groups in total. The molecule has 5 rings (SSSR count). The first-order valence-electron chi connectivity index (χ1n) is 14.3. The van der Waals surface area contributed by atoms with Crippen molar-refractivity contribution in [3.8, 4) is 0 Å². The summed E-state index contributed by atoms with van der Waals surface area (Å²) in [4.78, 5) is 33.9. The maximum atomic E-state index is 13.8. The summed E-state index contributed by atoms with van der Waals surface area (Å²) < 4.78 is 0. The molecular weight excluding hydrogens is 460 g/mol. The van der Waals surface area contributed by atoms with E-state index in [1.54, 1.807) is 0 Å². The van der Waals surface area contributed by atoms with Gasteiger partial charge in [-0.3, -0.25) is 9.69 Å². The second-order valence-corrected chi connectivity index (χ2v) is 11.1. The number of hydrogen-bond donors (Lipinski definition) is 1. The highest BCUT2D eigenvalue weighted by Crippen LogP contribution is 2.37. The molecule has 1 aliphatic carbocycles. The van der Waals surface area contributed by atoms with E-state index >= 15 is 0 Å². The van der Waals surface area contributed by atoms with Crippen molar-refractivity contribution in [1.82, 2.24) is 20.0 Å². The smallest absolute Gasteiger partial charge is 0.320 e. The van der Waals surface area contributed by atoms with Crippen LogP contribution in [0, 0.1) is 0 Å². The average molecular weight is 503 g/mol. The number of carbonyl (C=O) groups excluding carboxylic acids is 2. The summed E-state index contributed by atoms with van der Waals surface area (Å²) in [5, 5.41) is 3.29. The zero-order valence-corrected chi connectivity index (χ0v) is 22.3. The van der Waals surface area contributed by atoms with Crippen molar-refractivity contribution in [2.75, 3.05) is 39.3 Å². The van der Waals surface area contributed by atoms with E-state index in [4.69, 9.17) is 0 Å². The van der Waals surface area contributed by atoms with E-state index in [1.165, 1.54) is 32.1 Å². The van der Waals surface area contributed by atoms with Crippen molar-refractivity contribution >= 4 is 11.9 Å². The normalized spacial score (nSPS) is 21.9. The number of nitrogens with zero attached hydrogens (tertiary/aromatic N) is 3. The number of rotatable bonds is 5. The number of carbonyl (C=O) groups is 2. The summed E-state index contributed by atoms with van der Waals surface area (Å²) in [6.45, 7) is 6.83. The molecule has 2 aromatic rings. The van der Waals surface area contributed by atoms with Crippen molar-refractivity contribution in [3.05, 3.63) is 71.8 Å². The van der Waals surface area contributed by atoms with Crippen LogP contribution in [-0.2, 0) is 10.2 Å². The first-order valence-corrected chi connectivity index (χ1v) is 14.3. The highest BCUT2D eigenvalue weighted by Gasteiger charge is 2.44. The molecule has 3 fully saturated rings. The molecule has 1 unspecified atom stereocenters. The number of piperidine rings is 1. The van der Waals surface area contributed by atoms with Crippen molar-refractivity contribution in [2.45, 2.75) is 69.4 Å². The highest BCUT2D eigenvalue weighted by molar-refractivity contribution is 5.89.